The molecule has 2 heterocycles. The number of halogens is 2. The number of nitrogens with zero attached hydrogens (tertiary/aromatic N) is 1. The molecule has 0 aliphatic rings. The van der Waals surface area contributed by atoms with Crippen LogP contribution in [0.3, 0.4) is 0 Å². The molecule has 4 N–H and O–H groups in total. The molecule has 0 atom stereocenters. The Balaban J connectivity index is 1.50. The highest BCUT2D eigenvalue weighted by atomic mass is 19.1. The maximum absolute atomic E-state index is 14.5. The van der Waals surface area contributed by atoms with Crippen LogP contribution in [0.5, 0.6) is 11.5 Å². The van der Waals surface area contributed by atoms with E-state index in [0.29, 0.717) is 29.9 Å². The molecule has 2 amide bonds. The van der Waals surface area contributed by atoms with Gasteiger partial charge in [0.1, 0.15) is 11.6 Å². The zero-order valence-electron chi connectivity index (χ0n) is 19.8. The smallest absolute Gasteiger partial charge is 0.255 e. The second kappa shape index (κ2) is 11.4. The third-order valence-corrected chi connectivity index (χ3v) is 5.36. The molecule has 0 radical (unpaired) electrons. The fraction of sp³-hybridized carbons (Fsp3) is 0.148. The number of aromatic amines is 1. The van der Waals surface area contributed by atoms with Crippen LogP contribution in [0.15, 0.2) is 67.0 Å². The number of H-pyrrole nitrogens is 1. The molecule has 0 saturated heterocycles. The van der Waals surface area contributed by atoms with E-state index >= 15 is 0 Å². The molecular weight excluding hydrogens is 482 g/mol. The summed E-state index contributed by atoms with van der Waals surface area (Å²) in [6.07, 6.45) is 3.44. The third-order valence-electron chi connectivity index (χ3n) is 5.36. The van der Waals surface area contributed by atoms with Crippen LogP contribution < -0.4 is 15.4 Å². The van der Waals surface area contributed by atoms with Gasteiger partial charge in [-0.15, -0.1) is 0 Å². The highest BCUT2D eigenvalue weighted by molar-refractivity contribution is 6.04. The Morgan fingerprint density at radius 2 is 1.81 bits per heavy atom. The van der Waals surface area contributed by atoms with Gasteiger partial charge in [-0.1, -0.05) is 6.07 Å². The molecule has 10 heteroatoms. The number of rotatable bonds is 9. The van der Waals surface area contributed by atoms with Gasteiger partial charge in [0.2, 0.25) is 0 Å². The molecule has 37 heavy (non-hydrogen) atoms. The standard InChI is InChI=1S/C27H24F2N4O4/c1-16-3-5-20(28)22(11-16)33-27(36)17-4-6-21(29)25(13-17)37-19-7-9-30-24(14-19)23-12-18(15-32-23)26(35)31-8-2-10-34/h3-7,9,11-15,32,34H,2,8,10H2,1H3,(H,31,35)(H,33,36). The lowest BCUT2D eigenvalue weighted by Gasteiger charge is -2.11. The average Bonchev–Trinajstić information content (AvgIpc) is 3.38. The van der Waals surface area contributed by atoms with E-state index in [1.165, 1.54) is 42.7 Å². The third kappa shape index (κ3) is 6.36. The molecule has 4 aromatic rings. The normalized spacial score (nSPS) is 10.7. The average molecular weight is 507 g/mol. The summed E-state index contributed by atoms with van der Waals surface area (Å²) in [5.41, 5.74) is 2.22. The molecule has 8 nitrogen and oxygen atoms in total. The van der Waals surface area contributed by atoms with Gasteiger partial charge in [-0.05, 0) is 61.4 Å². The first kappa shape index (κ1) is 25.5. The Morgan fingerprint density at radius 1 is 1.00 bits per heavy atom. The van der Waals surface area contributed by atoms with Crippen molar-refractivity contribution in [2.24, 2.45) is 0 Å². The van der Waals surface area contributed by atoms with E-state index in [9.17, 15) is 18.4 Å². The van der Waals surface area contributed by atoms with E-state index in [0.717, 1.165) is 11.6 Å². The number of hydrogen-bond acceptors (Lipinski definition) is 5. The summed E-state index contributed by atoms with van der Waals surface area (Å²) in [5, 5.41) is 14.0. The zero-order chi connectivity index (χ0) is 26.4. The number of nitrogens with one attached hydrogen (secondary N) is 3. The summed E-state index contributed by atoms with van der Waals surface area (Å²) < 4.78 is 34.2. The van der Waals surface area contributed by atoms with Crippen molar-refractivity contribution in [3.8, 4) is 22.9 Å². The highest BCUT2D eigenvalue weighted by Gasteiger charge is 2.15. The second-order valence-corrected chi connectivity index (χ2v) is 8.20. The number of anilines is 1. The van der Waals surface area contributed by atoms with Gasteiger partial charge in [-0.3, -0.25) is 14.6 Å². The molecule has 190 valence electrons. The number of aromatic nitrogens is 2. The summed E-state index contributed by atoms with van der Waals surface area (Å²) in [6, 6.07) is 12.6. The molecular formula is C27H24F2N4O4. The maximum atomic E-state index is 14.5. The minimum Gasteiger partial charge on any atom is -0.454 e. The summed E-state index contributed by atoms with van der Waals surface area (Å²) in [7, 11) is 0. The van der Waals surface area contributed by atoms with Crippen LogP contribution in [-0.2, 0) is 0 Å². The first-order valence-electron chi connectivity index (χ1n) is 11.4. The van der Waals surface area contributed by atoms with E-state index < -0.39 is 17.5 Å². The summed E-state index contributed by atoms with van der Waals surface area (Å²) in [6.45, 7) is 2.10. The number of carbonyl (C=O) groups is 2. The quantitative estimate of drug-likeness (QED) is 0.243. The fourth-order valence-corrected chi connectivity index (χ4v) is 3.46. The van der Waals surface area contributed by atoms with Gasteiger partial charge < -0.3 is 25.5 Å². The number of ether oxygens (including phenoxy) is 1. The van der Waals surface area contributed by atoms with Gasteiger partial charge in [-0.2, -0.15) is 0 Å². The Bertz CT molecular complexity index is 1440. The van der Waals surface area contributed by atoms with Crippen molar-refractivity contribution in [3.05, 3.63) is 95.3 Å². The minimum absolute atomic E-state index is 0.0166. The van der Waals surface area contributed by atoms with E-state index in [2.05, 4.69) is 20.6 Å². The van der Waals surface area contributed by atoms with Gasteiger partial charge in [0.15, 0.2) is 11.6 Å². The van der Waals surface area contributed by atoms with Gasteiger partial charge in [0.25, 0.3) is 11.8 Å². The van der Waals surface area contributed by atoms with Crippen LogP contribution in [0.1, 0.15) is 32.7 Å². The number of amides is 2. The summed E-state index contributed by atoms with van der Waals surface area (Å²) in [5.74, 6) is -2.16. The van der Waals surface area contributed by atoms with Crippen LogP contribution in [0.25, 0.3) is 11.4 Å². The van der Waals surface area contributed by atoms with Crippen LogP contribution in [0.4, 0.5) is 14.5 Å². The number of aliphatic hydroxyl groups is 1. The number of hydrogen-bond donors (Lipinski definition) is 4. The van der Waals surface area contributed by atoms with Crippen molar-refractivity contribution in [1.82, 2.24) is 15.3 Å². The second-order valence-electron chi connectivity index (χ2n) is 8.20. The van der Waals surface area contributed by atoms with E-state index in [1.54, 1.807) is 25.1 Å². The fourth-order valence-electron chi connectivity index (χ4n) is 3.46. The predicted octanol–water partition coefficient (Wildman–Crippen LogP) is 4.82. The van der Waals surface area contributed by atoms with E-state index in [-0.39, 0.29) is 35.3 Å². The van der Waals surface area contributed by atoms with Crippen molar-refractivity contribution < 1.29 is 28.2 Å². The van der Waals surface area contributed by atoms with Gasteiger partial charge >= 0.3 is 0 Å². The van der Waals surface area contributed by atoms with Crippen molar-refractivity contribution in [1.29, 1.82) is 0 Å². The van der Waals surface area contributed by atoms with E-state index in [1.807, 2.05) is 0 Å². The topological polar surface area (TPSA) is 116 Å². The molecule has 0 fully saturated rings. The minimum atomic E-state index is -0.696. The number of aliphatic hydroxyl groups excluding tert-OH is 1. The molecule has 2 aromatic carbocycles. The van der Waals surface area contributed by atoms with Crippen LogP contribution >= 0.6 is 0 Å². The number of pyridine rings is 1. The Morgan fingerprint density at radius 3 is 2.62 bits per heavy atom. The largest absolute Gasteiger partial charge is 0.454 e. The lowest BCUT2D eigenvalue weighted by Crippen LogP contribution is -2.24. The predicted molar refractivity (Wildman–Crippen MR) is 134 cm³/mol. The van der Waals surface area contributed by atoms with Gasteiger partial charge in [-0.25, -0.2) is 8.78 Å². The first-order valence-corrected chi connectivity index (χ1v) is 11.4. The van der Waals surface area contributed by atoms with Crippen LogP contribution in [0.2, 0.25) is 0 Å². The van der Waals surface area contributed by atoms with Gasteiger partial charge in [0.05, 0.1) is 22.6 Å². The number of carbonyl (C=O) groups excluding carboxylic acids is 2. The number of benzene rings is 2. The molecule has 0 bridgehead atoms. The van der Waals surface area contributed by atoms with Crippen molar-refractivity contribution in [2.75, 3.05) is 18.5 Å². The molecule has 0 unspecified atom stereocenters. The van der Waals surface area contributed by atoms with Crippen molar-refractivity contribution in [2.45, 2.75) is 13.3 Å². The Labute approximate surface area is 211 Å². The molecule has 0 aliphatic carbocycles. The van der Waals surface area contributed by atoms with Crippen LogP contribution in [-0.4, -0.2) is 40.0 Å². The Kier molecular flexibility index (Phi) is 7.89. The van der Waals surface area contributed by atoms with Gasteiger partial charge in [0, 0.05) is 37.2 Å². The van der Waals surface area contributed by atoms with Crippen LogP contribution in [0, 0.1) is 18.6 Å². The zero-order valence-corrected chi connectivity index (χ0v) is 19.8. The molecule has 0 saturated carbocycles. The Hall–Kier alpha value is -4.57. The molecule has 2 aromatic heterocycles. The summed E-state index contributed by atoms with van der Waals surface area (Å²) >= 11 is 0. The molecule has 0 aliphatic heterocycles. The summed E-state index contributed by atoms with van der Waals surface area (Å²) in [4.78, 5) is 32.1. The monoisotopic (exact) mass is 506 g/mol. The lowest BCUT2D eigenvalue weighted by molar-refractivity contribution is 0.0950. The highest BCUT2D eigenvalue weighted by Crippen LogP contribution is 2.29. The van der Waals surface area contributed by atoms with E-state index in [4.69, 9.17) is 9.84 Å². The van der Waals surface area contributed by atoms with Crippen molar-refractivity contribution >= 4 is 17.5 Å². The SMILES string of the molecule is Cc1ccc(F)c(NC(=O)c2ccc(F)c(Oc3ccnc(-c4cc(C(=O)NCCCO)c[nH]4)c3)c2)c1. The molecule has 4 rings (SSSR count). The van der Waals surface area contributed by atoms with Crippen molar-refractivity contribution in [3.63, 3.8) is 0 Å². The molecule has 0 spiro atoms. The maximum Gasteiger partial charge on any atom is 0.255 e. The first-order chi connectivity index (χ1) is 17.8. The lowest BCUT2D eigenvalue weighted by atomic mass is 10.1. The number of aryl methyl sites for hydroxylation is 1.